The number of carboxylic acid groups (broad SMARTS) is 1. The van der Waals surface area contributed by atoms with E-state index < -0.39 is 23.5 Å². The van der Waals surface area contributed by atoms with Crippen LogP contribution in [0.4, 0.5) is 0 Å². The average Bonchev–Trinajstić information content (AvgIpc) is 2.51. The largest absolute Gasteiger partial charge is 0.480 e. The summed E-state index contributed by atoms with van der Waals surface area (Å²) in [5, 5.41) is 19.2. The second-order valence-electron chi connectivity index (χ2n) is 5.46. The summed E-state index contributed by atoms with van der Waals surface area (Å²) >= 11 is 1.58. The Hall–Kier alpha value is -0.750. The summed E-state index contributed by atoms with van der Waals surface area (Å²) in [6, 6.07) is -0.853. The third kappa shape index (κ3) is 1.91. The van der Waals surface area contributed by atoms with Gasteiger partial charge in [0, 0.05) is 11.3 Å². The van der Waals surface area contributed by atoms with Crippen LogP contribution in [0.5, 0.6) is 0 Å². The molecule has 0 aromatic rings. The Morgan fingerprint density at radius 3 is 2.61 bits per heavy atom. The molecule has 2 saturated heterocycles. The van der Waals surface area contributed by atoms with Crippen LogP contribution in [0, 0.1) is 5.92 Å². The summed E-state index contributed by atoms with van der Waals surface area (Å²) in [6.07, 6.45) is 0.663. The number of carbonyl (C=O) groups excluding carboxylic acids is 1. The van der Waals surface area contributed by atoms with Crippen molar-refractivity contribution in [1.82, 2.24) is 4.90 Å². The van der Waals surface area contributed by atoms with Gasteiger partial charge in [-0.05, 0) is 26.0 Å². The SMILES string of the molecule is CCSC1CC2C(C(C)(C)O)C(=O)N2C1C(=O)O. The zero-order chi connectivity index (χ0) is 13.7. The maximum atomic E-state index is 12.0. The molecule has 0 aliphatic carbocycles. The fraction of sp³-hybridized carbons (Fsp3) is 0.833. The number of aliphatic carboxylic acids is 1. The number of nitrogens with zero attached hydrogens (tertiary/aromatic N) is 1. The van der Waals surface area contributed by atoms with E-state index in [2.05, 4.69) is 0 Å². The van der Waals surface area contributed by atoms with Gasteiger partial charge in [-0.3, -0.25) is 4.79 Å². The summed E-state index contributed by atoms with van der Waals surface area (Å²) in [5.74, 6) is -0.789. The van der Waals surface area contributed by atoms with Crippen molar-refractivity contribution >= 4 is 23.6 Å². The lowest BCUT2D eigenvalue weighted by atomic mass is 9.76. The Bertz CT molecular complexity index is 379. The van der Waals surface area contributed by atoms with E-state index in [9.17, 15) is 19.8 Å². The van der Waals surface area contributed by atoms with Crippen LogP contribution >= 0.6 is 11.8 Å². The van der Waals surface area contributed by atoms with Gasteiger partial charge in [0.15, 0.2) is 0 Å². The van der Waals surface area contributed by atoms with Crippen LogP contribution < -0.4 is 0 Å². The van der Waals surface area contributed by atoms with Crippen LogP contribution in [0.3, 0.4) is 0 Å². The van der Waals surface area contributed by atoms with Crippen LogP contribution in [0.1, 0.15) is 27.2 Å². The summed E-state index contributed by atoms with van der Waals surface area (Å²) < 4.78 is 0. The molecule has 2 heterocycles. The van der Waals surface area contributed by atoms with Gasteiger partial charge in [0.25, 0.3) is 0 Å². The van der Waals surface area contributed by atoms with Crippen molar-refractivity contribution in [2.45, 2.75) is 50.1 Å². The Kier molecular flexibility index (Phi) is 3.36. The molecular weight excluding hydrogens is 254 g/mol. The highest BCUT2D eigenvalue weighted by molar-refractivity contribution is 7.99. The summed E-state index contributed by atoms with van der Waals surface area (Å²) in [4.78, 5) is 24.8. The summed E-state index contributed by atoms with van der Waals surface area (Å²) in [5.41, 5.74) is -1.08. The van der Waals surface area contributed by atoms with Gasteiger partial charge in [0.1, 0.15) is 6.04 Å². The molecule has 5 nitrogen and oxygen atoms in total. The van der Waals surface area contributed by atoms with E-state index in [4.69, 9.17) is 0 Å². The van der Waals surface area contributed by atoms with E-state index in [1.54, 1.807) is 25.6 Å². The van der Waals surface area contributed by atoms with E-state index in [1.807, 2.05) is 6.92 Å². The Labute approximate surface area is 111 Å². The number of rotatable bonds is 4. The second-order valence-corrected chi connectivity index (χ2v) is 6.97. The molecule has 4 unspecified atom stereocenters. The maximum Gasteiger partial charge on any atom is 0.327 e. The minimum atomic E-state index is -1.08. The van der Waals surface area contributed by atoms with E-state index in [-0.39, 0.29) is 17.2 Å². The van der Waals surface area contributed by atoms with E-state index in [0.29, 0.717) is 6.42 Å². The number of hydrogen-bond acceptors (Lipinski definition) is 4. The minimum Gasteiger partial charge on any atom is -0.480 e. The number of β-lactam (4-membered cyclic amide) rings is 1. The molecule has 0 radical (unpaired) electrons. The van der Waals surface area contributed by atoms with Gasteiger partial charge in [-0.2, -0.15) is 11.8 Å². The fourth-order valence-corrected chi connectivity index (χ4v) is 4.32. The Morgan fingerprint density at radius 1 is 1.56 bits per heavy atom. The van der Waals surface area contributed by atoms with Gasteiger partial charge in [-0.15, -0.1) is 0 Å². The predicted octanol–water partition coefficient (Wildman–Crippen LogP) is 0.563. The Morgan fingerprint density at radius 2 is 2.17 bits per heavy atom. The highest BCUT2D eigenvalue weighted by atomic mass is 32.2. The molecule has 0 saturated carbocycles. The van der Waals surface area contributed by atoms with Gasteiger partial charge in [0.2, 0.25) is 5.91 Å². The standard InChI is InChI=1S/C12H19NO4S/c1-4-18-7-5-6-8(12(2,3)17)10(14)13(6)9(7)11(15)16/h6-9,17H,4-5H2,1-3H3,(H,15,16). The summed E-state index contributed by atoms with van der Waals surface area (Å²) in [6.45, 7) is 5.21. The molecule has 2 aliphatic rings. The highest BCUT2D eigenvalue weighted by Gasteiger charge is 2.63. The highest BCUT2D eigenvalue weighted by Crippen LogP contribution is 2.47. The van der Waals surface area contributed by atoms with Crippen molar-refractivity contribution in [3.63, 3.8) is 0 Å². The number of fused-ring (bicyclic) bond motifs is 1. The van der Waals surface area contributed by atoms with Crippen molar-refractivity contribution in [2.75, 3.05) is 5.75 Å². The molecule has 18 heavy (non-hydrogen) atoms. The number of carboxylic acids is 1. The van der Waals surface area contributed by atoms with Crippen molar-refractivity contribution in [3.8, 4) is 0 Å². The smallest absolute Gasteiger partial charge is 0.327 e. The first-order chi connectivity index (χ1) is 8.29. The van der Waals surface area contributed by atoms with Gasteiger partial charge in [-0.25, -0.2) is 4.79 Å². The maximum absolute atomic E-state index is 12.0. The second kappa shape index (κ2) is 4.42. The lowest BCUT2D eigenvalue weighted by Crippen LogP contribution is -2.67. The monoisotopic (exact) mass is 273 g/mol. The third-order valence-electron chi connectivity index (χ3n) is 3.78. The van der Waals surface area contributed by atoms with Gasteiger partial charge in [0.05, 0.1) is 11.5 Å². The fourth-order valence-electron chi connectivity index (χ4n) is 3.13. The molecule has 2 rings (SSSR count). The van der Waals surface area contributed by atoms with E-state index in [0.717, 1.165) is 5.75 Å². The number of aliphatic hydroxyl groups is 1. The molecule has 0 aromatic carbocycles. The number of carbonyl (C=O) groups is 2. The quantitative estimate of drug-likeness (QED) is 0.732. The molecule has 6 heteroatoms. The molecule has 2 fully saturated rings. The average molecular weight is 273 g/mol. The van der Waals surface area contributed by atoms with Crippen molar-refractivity contribution in [2.24, 2.45) is 5.92 Å². The van der Waals surface area contributed by atoms with Crippen LogP contribution in [-0.4, -0.2) is 55.7 Å². The molecule has 0 bridgehead atoms. The molecule has 102 valence electrons. The van der Waals surface area contributed by atoms with E-state index in [1.165, 1.54) is 4.90 Å². The summed E-state index contributed by atoms with van der Waals surface area (Å²) in [7, 11) is 0. The van der Waals surface area contributed by atoms with Gasteiger partial charge < -0.3 is 15.1 Å². The number of hydrogen-bond donors (Lipinski definition) is 2. The van der Waals surface area contributed by atoms with Gasteiger partial charge >= 0.3 is 5.97 Å². The van der Waals surface area contributed by atoms with Crippen LogP contribution in [0.15, 0.2) is 0 Å². The molecule has 4 atom stereocenters. The zero-order valence-corrected chi connectivity index (χ0v) is 11.6. The lowest BCUT2D eigenvalue weighted by Gasteiger charge is -2.49. The van der Waals surface area contributed by atoms with Crippen LogP contribution in [0.25, 0.3) is 0 Å². The molecule has 0 spiro atoms. The third-order valence-corrected chi connectivity index (χ3v) is 4.99. The molecule has 2 aliphatic heterocycles. The van der Waals surface area contributed by atoms with Crippen LogP contribution in [-0.2, 0) is 9.59 Å². The minimum absolute atomic E-state index is 0.0613. The number of amides is 1. The first-order valence-corrected chi connectivity index (χ1v) is 7.22. The van der Waals surface area contributed by atoms with Crippen molar-refractivity contribution in [3.05, 3.63) is 0 Å². The first-order valence-electron chi connectivity index (χ1n) is 6.18. The molecule has 1 amide bonds. The van der Waals surface area contributed by atoms with Gasteiger partial charge in [-0.1, -0.05) is 6.92 Å². The van der Waals surface area contributed by atoms with Crippen LogP contribution in [0.2, 0.25) is 0 Å². The van der Waals surface area contributed by atoms with E-state index >= 15 is 0 Å². The molecule has 2 N–H and O–H groups in total. The first kappa shape index (κ1) is 13.7. The Balaban J connectivity index is 2.21. The predicted molar refractivity (Wildman–Crippen MR) is 68.4 cm³/mol. The molecular formula is C12H19NO4S. The zero-order valence-electron chi connectivity index (χ0n) is 10.8. The van der Waals surface area contributed by atoms with Crippen molar-refractivity contribution < 1.29 is 19.8 Å². The normalized spacial score (nSPS) is 35.3. The lowest BCUT2D eigenvalue weighted by molar-refractivity contribution is -0.177. The number of thioether (sulfide) groups is 1. The molecule has 0 aromatic heterocycles. The topological polar surface area (TPSA) is 77.8 Å². The van der Waals surface area contributed by atoms with Crippen molar-refractivity contribution in [1.29, 1.82) is 0 Å².